The first-order chi connectivity index (χ1) is 18.6. The molecule has 194 valence electrons. The van der Waals surface area contributed by atoms with E-state index in [1.165, 1.54) is 17.4 Å². The predicted molar refractivity (Wildman–Crippen MR) is 151 cm³/mol. The third-order valence-electron chi connectivity index (χ3n) is 6.31. The summed E-state index contributed by atoms with van der Waals surface area (Å²) in [4.78, 5) is 41.4. The fourth-order valence-electron chi connectivity index (χ4n) is 4.12. The number of hydrogen-bond donors (Lipinski definition) is 2. The maximum atomic E-state index is 12.1. The fourth-order valence-corrected chi connectivity index (χ4v) is 5.52. The molecule has 1 aromatic carbocycles. The lowest BCUT2D eigenvalue weighted by Gasteiger charge is -2.36. The number of nitrogens with one attached hydrogen (secondary N) is 2. The molecule has 0 bridgehead atoms. The van der Waals surface area contributed by atoms with Crippen molar-refractivity contribution in [3.05, 3.63) is 59.9 Å². The molecule has 10 nitrogen and oxygen atoms in total. The van der Waals surface area contributed by atoms with Crippen LogP contribution in [0.1, 0.15) is 17.7 Å². The second-order valence-electron chi connectivity index (χ2n) is 9.21. The fraction of sp³-hybridized carbons (Fsp3) is 0.308. The van der Waals surface area contributed by atoms with Gasteiger partial charge in [0.05, 0.1) is 0 Å². The molecule has 0 radical (unpaired) electrons. The summed E-state index contributed by atoms with van der Waals surface area (Å²) >= 11 is 3.02. The lowest BCUT2D eigenvalue weighted by atomic mass is 10.3. The van der Waals surface area contributed by atoms with Crippen LogP contribution in [0.15, 0.2) is 65.0 Å². The molecule has 0 spiro atoms. The number of amides is 1. The van der Waals surface area contributed by atoms with E-state index < -0.39 is 0 Å². The minimum absolute atomic E-state index is 0.102. The van der Waals surface area contributed by atoms with Gasteiger partial charge in [-0.15, -0.1) is 11.3 Å². The van der Waals surface area contributed by atoms with Gasteiger partial charge < -0.3 is 15.1 Å². The number of carbonyl (C=O) groups is 1. The number of rotatable bonds is 8. The van der Waals surface area contributed by atoms with E-state index >= 15 is 0 Å². The SMILES string of the molecule is Cc1cnc(Nc2nc(Sc3ccc(NC(=O)C4CC4)cc3)nc(N3CCN(c4ccncc4)CC3)n2)s1. The standard InChI is InChI=1S/C26H27N9OS2/c1-17-16-28-25(37-17)31-23-30-24(35-14-12-34(13-15-35)20-8-10-27-11-9-20)33-26(32-23)38-21-6-4-19(5-7-21)29-22(36)18-2-3-18/h4-11,16,18H,2-3,12-15H2,1H3,(H,29,36)(H,28,30,31,32,33). The summed E-state index contributed by atoms with van der Waals surface area (Å²) < 4.78 is 0. The number of benzene rings is 1. The normalized spacial score (nSPS) is 15.4. The van der Waals surface area contributed by atoms with E-state index in [-0.39, 0.29) is 11.8 Å². The van der Waals surface area contributed by atoms with Crippen LogP contribution in [0, 0.1) is 12.8 Å². The monoisotopic (exact) mass is 545 g/mol. The first kappa shape index (κ1) is 24.6. The van der Waals surface area contributed by atoms with Gasteiger partial charge in [0, 0.05) is 71.8 Å². The van der Waals surface area contributed by atoms with Crippen LogP contribution in [-0.2, 0) is 4.79 Å². The van der Waals surface area contributed by atoms with Crippen LogP contribution in [0.2, 0.25) is 0 Å². The van der Waals surface area contributed by atoms with E-state index in [0.717, 1.165) is 59.6 Å². The average molecular weight is 546 g/mol. The van der Waals surface area contributed by atoms with Gasteiger partial charge in [0.15, 0.2) is 10.3 Å². The third-order valence-corrected chi connectivity index (χ3v) is 8.01. The van der Waals surface area contributed by atoms with Gasteiger partial charge in [0.2, 0.25) is 17.8 Å². The first-order valence-corrected chi connectivity index (χ1v) is 14.2. The molecule has 38 heavy (non-hydrogen) atoms. The molecule has 1 saturated carbocycles. The van der Waals surface area contributed by atoms with Crippen molar-refractivity contribution in [1.82, 2.24) is 24.9 Å². The van der Waals surface area contributed by atoms with Crippen molar-refractivity contribution in [1.29, 1.82) is 0 Å². The highest BCUT2D eigenvalue weighted by Crippen LogP contribution is 2.32. The van der Waals surface area contributed by atoms with Crippen molar-refractivity contribution >= 4 is 57.4 Å². The Morgan fingerprint density at radius 1 is 0.974 bits per heavy atom. The highest BCUT2D eigenvalue weighted by Gasteiger charge is 2.29. The zero-order chi connectivity index (χ0) is 25.9. The number of carbonyl (C=O) groups excluding carboxylic acids is 1. The van der Waals surface area contributed by atoms with E-state index in [4.69, 9.17) is 9.97 Å². The minimum atomic E-state index is 0.102. The molecule has 4 heterocycles. The zero-order valence-corrected chi connectivity index (χ0v) is 22.5. The summed E-state index contributed by atoms with van der Waals surface area (Å²) in [5.41, 5.74) is 1.97. The van der Waals surface area contributed by atoms with Gasteiger partial charge in [-0.25, -0.2) is 4.98 Å². The molecule has 3 aromatic heterocycles. The highest BCUT2D eigenvalue weighted by atomic mass is 32.2. The number of piperazine rings is 1. The molecule has 0 unspecified atom stereocenters. The molecule has 2 fully saturated rings. The topological polar surface area (TPSA) is 112 Å². The van der Waals surface area contributed by atoms with E-state index in [0.29, 0.717) is 17.1 Å². The smallest absolute Gasteiger partial charge is 0.234 e. The van der Waals surface area contributed by atoms with Crippen LogP contribution in [-0.4, -0.2) is 57.0 Å². The van der Waals surface area contributed by atoms with Crippen molar-refractivity contribution in [2.24, 2.45) is 5.92 Å². The molecule has 2 N–H and O–H groups in total. The Balaban J connectivity index is 1.19. The van der Waals surface area contributed by atoms with Gasteiger partial charge in [-0.05, 0) is 67.9 Å². The van der Waals surface area contributed by atoms with Gasteiger partial charge in [-0.1, -0.05) is 0 Å². The molecular weight excluding hydrogens is 518 g/mol. The van der Waals surface area contributed by atoms with Crippen LogP contribution in [0.25, 0.3) is 0 Å². The summed E-state index contributed by atoms with van der Waals surface area (Å²) in [6.45, 7) is 5.33. The van der Waals surface area contributed by atoms with Crippen molar-refractivity contribution in [3.8, 4) is 0 Å². The van der Waals surface area contributed by atoms with Gasteiger partial charge in [0.1, 0.15) is 0 Å². The Morgan fingerprint density at radius 3 is 2.39 bits per heavy atom. The lowest BCUT2D eigenvalue weighted by Crippen LogP contribution is -2.47. The number of thiazole rings is 1. The summed E-state index contributed by atoms with van der Waals surface area (Å²) in [5, 5.41) is 7.57. The quantitative estimate of drug-likeness (QED) is 0.326. The van der Waals surface area contributed by atoms with Crippen molar-refractivity contribution in [3.63, 3.8) is 0 Å². The molecular formula is C26H27N9OS2. The van der Waals surface area contributed by atoms with E-state index in [9.17, 15) is 4.79 Å². The van der Waals surface area contributed by atoms with E-state index in [1.54, 1.807) is 11.3 Å². The maximum absolute atomic E-state index is 12.1. The zero-order valence-electron chi connectivity index (χ0n) is 20.9. The number of pyridine rings is 1. The van der Waals surface area contributed by atoms with Crippen LogP contribution in [0.5, 0.6) is 0 Å². The number of aryl methyl sites for hydroxylation is 1. The largest absolute Gasteiger partial charge is 0.368 e. The van der Waals surface area contributed by atoms with Crippen molar-refractivity contribution in [2.45, 2.75) is 29.8 Å². The molecule has 6 rings (SSSR count). The lowest BCUT2D eigenvalue weighted by molar-refractivity contribution is -0.117. The molecule has 4 aromatic rings. The van der Waals surface area contributed by atoms with Crippen LogP contribution in [0.3, 0.4) is 0 Å². The van der Waals surface area contributed by atoms with Crippen LogP contribution < -0.4 is 20.4 Å². The molecule has 1 aliphatic carbocycles. The first-order valence-electron chi connectivity index (χ1n) is 12.5. The summed E-state index contributed by atoms with van der Waals surface area (Å²) in [7, 11) is 0. The Hall–Kier alpha value is -3.77. The van der Waals surface area contributed by atoms with Gasteiger partial charge in [0.25, 0.3) is 0 Å². The molecule has 1 amide bonds. The number of hydrogen-bond acceptors (Lipinski definition) is 11. The Kier molecular flexibility index (Phi) is 7.06. The summed E-state index contributed by atoms with van der Waals surface area (Å²) in [6.07, 6.45) is 7.44. The van der Waals surface area contributed by atoms with Crippen molar-refractivity contribution < 1.29 is 4.79 Å². The maximum Gasteiger partial charge on any atom is 0.234 e. The van der Waals surface area contributed by atoms with Crippen molar-refractivity contribution in [2.75, 3.05) is 46.6 Å². The summed E-state index contributed by atoms with van der Waals surface area (Å²) in [6, 6.07) is 11.9. The average Bonchev–Trinajstić information content (AvgIpc) is 3.72. The number of nitrogens with zero attached hydrogens (tertiary/aromatic N) is 7. The molecule has 0 atom stereocenters. The Morgan fingerprint density at radius 2 is 1.71 bits per heavy atom. The second kappa shape index (κ2) is 10.9. The summed E-state index contributed by atoms with van der Waals surface area (Å²) in [5.74, 6) is 1.38. The van der Waals surface area contributed by atoms with Gasteiger partial charge in [-0.2, -0.15) is 15.0 Å². The minimum Gasteiger partial charge on any atom is -0.368 e. The van der Waals surface area contributed by atoms with Crippen LogP contribution in [0.4, 0.5) is 28.4 Å². The second-order valence-corrected chi connectivity index (χ2v) is 11.5. The number of anilines is 5. The predicted octanol–water partition coefficient (Wildman–Crippen LogP) is 4.60. The Labute approximate surface area is 229 Å². The van der Waals surface area contributed by atoms with E-state index in [2.05, 4.69) is 35.4 Å². The van der Waals surface area contributed by atoms with E-state index in [1.807, 2.05) is 61.9 Å². The number of aromatic nitrogens is 5. The van der Waals surface area contributed by atoms with Gasteiger partial charge >= 0.3 is 0 Å². The molecule has 2 aliphatic rings. The molecule has 1 saturated heterocycles. The molecule has 1 aliphatic heterocycles. The van der Waals surface area contributed by atoms with Gasteiger partial charge in [-0.3, -0.25) is 15.1 Å². The van der Waals surface area contributed by atoms with Crippen LogP contribution >= 0.6 is 23.1 Å². The molecule has 12 heteroatoms. The third kappa shape index (κ3) is 6.03. The highest BCUT2D eigenvalue weighted by molar-refractivity contribution is 7.99. The Bertz CT molecular complexity index is 1400.